The van der Waals surface area contributed by atoms with Crippen molar-refractivity contribution in [3.63, 3.8) is 0 Å². The molecule has 2 heterocycles. The molecule has 4 nitrogen and oxygen atoms in total. The van der Waals surface area contributed by atoms with Crippen LogP contribution in [0.4, 0.5) is 0 Å². The number of thiazole rings is 1. The van der Waals surface area contributed by atoms with Gasteiger partial charge in [-0.1, -0.05) is 44.2 Å². The Balaban J connectivity index is 1.25. The van der Waals surface area contributed by atoms with E-state index >= 15 is 0 Å². The fourth-order valence-corrected chi connectivity index (χ4v) is 5.58. The summed E-state index contributed by atoms with van der Waals surface area (Å²) in [4.78, 5) is 19.5. The number of benzene rings is 1. The van der Waals surface area contributed by atoms with Crippen LogP contribution >= 0.6 is 11.3 Å². The number of rotatable bonds is 4. The topological polar surface area (TPSA) is 45.2 Å². The molecule has 1 saturated heterocycles. The molecule has 1 N–H and O–H groups in total. The third-order valence-corrected chi connectivity index (χ3v) is 7.35. The van der Waals surface area contributed by atoms with Crippen molar-refractivity contribution in [3.05, 3.63) is 29.3 Å². The van der Waals surface area contributed by atoms with Crippen LogP contribution in [0.25, 0.3) is 10.2 Å². The second kappa shape index (κ2) is 9.16. The Labute approximate surface area is 166 Å². The van der Waals surface area contributed by atoms with Gasteiger partial charge in [-0.05, 0) is 37.8 Å². The predicted octanol–water partition coefficient (Wildman–Crippen LogP) is 4.70. The van der Waals surface area contributed by atoms with Gasteiger partial charge in [0.05, 0.1) is 21.8 Å². The molecular weight excluding hydrogens is 354 g/mol. The normalized spacial score (nSPS) is 20.5. The molecule has 1 amide bonds. The Bertz CT molecular complexity index is 710. The second-order valence-electron chi connectivity index (χ2n) is 8.10. The molecule has 2 fully saturated rings. The summed E-state index contributed by atoms with van der Waals surface area (Å²) in [5, 5.41) is 4.79. The molecule has 0 bridgehead atoms. The van der Waals surface area contributed by atoms with Gasteiger partial charge >= 0.3 is 0 Å². The van der Waals surface area contributed by atoms with Crippen LogP contribution < -0.4 is 5.32 Å². The first-order valence-corrected chi connectivity index (χ1v) is 11.5. The van der Waals surface area contributed by atoms with E-state index in [4.69, 9.17) is 4.98 Å². The Morgan fingerprint density at radius 1 is 1.04 bits per heavy atom. The van der Waals surface area contributed by atoms with E-state index in [0.717, 1.165) is 31.4 Å². The summed E-state index contributed by atoms with van der Waals surface area (Å²) in [5.74, 6) is 0.782. The van der Waals surface area contributed by atoms with Crippen LogP contribution in [0.15, 0.2) is 24.3 Å². The number of nitrogens with one attached hydrogen (secondary N) is 1. The number of fused-ring (bicyclic) bond motifs is 1. The zero-order valence-corrected chi connectivity index (χ0v) is 17.0. The van der Waals surface area contributed by atoms with Crippen molar-refractivity contribution in [1.29, 1.82) is 0 Å². The molecule has 5 heteroatoms. The number of likely N-dealkylation sites (tertiary alicyclic amines) is 1. The van der Waals surface area contributed by atoms with Crippen molar-refractivity contribution < 1.29 is 4.79 Å². The minimum Gasteiger partial charge on any atom is -0.342 e. The maximum absolute atomic E-state index is 12.6. The lowest BCUT2D eigenvalue weighted by atomic mass is 9.96. The first kappa shape index (κ1) is 18.9. The Morgan fingerprint density at radius 2 is 1.74 bits per heavy atom. The molecule has 1 saturated carbocycles. The summed E-state index contributed by atoms with van der Waals surface area (Å²) in [6, 6.07) is 8.91. The Morgan fingerprint density at radius 3 is 2.48 bits per heavy atom. The lowest BCUT2D eigenvalue weighted by molar-refractivity contribution is -0.131. The van der Waals surface area contributed by atoms with E-state index in [-0.39, 0.29) is 5.91 Å². The zero-order valence-electron chi connectivity index (χ0n) is 16.2. The van der Waals surface area contributed by atoms with Gasteiger partial charge in [-0.3, -0.25) is 4.79 Å². The monoisotopic (exact) mass is 385 g/mol. The Kier molecular flexibility index (Phi) is 6.40. The number of para-hydroxylation sites is 1. The highest BCUT2D eigenvalue weighted by molar-refractivity contribution is 7.18. The molecule has 146 valence electrons. The molecule has 2 aliphatic rings. The van der Waals surface area contributed by atoms with Gasteiger partial charge in [0.1, 0.15) is 0 Å². The van der Waals surface area contributed by atoms with Gasteiger partial charge in [-0.25, -0.2) is 4.98 Å². The van der Waals surface area contributed by atoms with E-state index in [2.05, 4.69) is 34.5 Å². The van der Waals surface area contributed by atoms with Crippen molar-refractivity contribution in [2.45, 2.75) is 69.7 Å². The van der Waals surface area contributed by atoms with Crippen LogP contribution in [0.2, 0.25) is 0 Å². The van der Waals surface area contributed by atoms with Gasteiger partial charge in [0.15, 0.2) is 0 Å². The maximum Gasteiger partial charge on any atom is 0.236 e. The number of piperidine rings is 1. The molecule has 0 spiro atoms. The summed E-state index contributed by atoms with van der Waals surface area (Å²) < 4.78 is 1.27. The van der Waals surface area contributed by atoms with Gasteiger partial charge in [0, 0.05) is 25.0 Å². The van der Waals surface area contributed by atoms with Crippen molar-refractivity contribution >= 4 is 27.5 Å². The smallest absolute Gasteiger partial charge is 0.236 e. The van der Waals surface area contributed by atoms with E-state index in [0.29, 0.717) is 18.5 Å². The maximum atomic E-state index is 12.6. The van der Waals surface area contributed by atoms with Crippen LogP contribution in [0.3, 0.4) is 0 Å². The minimum atomic E-state index is 0.278. The second-order valence-corrected chi connectivity index (χ2v) is 9.16. The molecule has 0 atom stereocenters. The van der Waals surface area contributed by atoms with Crippen LogP contribution in [0.5, 0.6) is 0 Å². The van der Waals surface area contributed by atoms with Gasteiger partial charge < -0.3 is 10.2 Å². The lowest BCUT2D eigenvalue weighted by Gasteiger charge is -2.32. The minimum absolute atomic E-state index is 0.278. The lowest BCUT2D eigenvalue weighted by Crippen LogP contribution is -2.44. The number of amides is 1. The number of carbonyl (C=O) groups is 1. The van der Waals surface area contributed by atoms with Crippen LogP contribution in [0, 0.1) is 0 Å². The molecule has 1 aliphatic heterocycles. The van der Waals surface area contributed by atoms with Crippen molar-refractivity contribution in [1.82, 2.24) is 15.2 Å². The molecule has 0 radical (unpaired) electrons. The number of carbonyl (C=O) groups excluding carboxylic acids is 1. The molecule has 1 aromatic heterocycles. The number of aromatic nitrogens is 1. The summed E-state index contributed by atoms with van der Waals surface area (Å²) in [6.07, 6.45) is 11.2. The van der Waals surface area contributed by atoms with E-state index in [9.17, 15) is 4.79 Å². The molecule has 0 unspecified atom stereocenters. The van der Waals surface area contributed by atoms with E-state index in [1.807, 2.05) is 11.3 Å². The highest BCUT2D eigenvalue weighted by Gasteiger charge is 2.26. The highest BCUT2D eigenvalue weighted by Crippen LogP contribution is 2.33. The first-order chi connectivity index (χ1) is 13.3. The quantitative estimate of drug-likeness (QED) is 0.829. The summed E-state index contributed by atoms with van der Waals surface area (Å²) in [6.45, 7) is 2.24. The van der Waals surface area contributed by atoms with Crippen molar-refractivity contribution in [3.8, 4) is 0 Å². The molecule has 1 aliphatic carbocycles. The first-order valence-electron chi connectivity index (χ1n) is 10.7. The van der Waals surface area contributed by atoms with Gasteiger partial charge in [0.25, 0.3) is 0 Å². The molecular formula is C22H31N3OS. The van der Waals surface area contributed by atoms with Gasteiger partial charge in [-0.15, -0.1) is 11.3 Å². The number of nitrogens with zero attached hydrogens (tertiary/aromatic N) is 2. The van der Waals surface area contributed by atoms with Crippen LogP contribution in [0.1, 0.15) is 68.7 Å². The van der Waals surface area contributed by atoms with Crippen LogP contribution in [-0.2, 0) is 4.79 Å². The molecule has 1 aromatic carbocycles. The van der Waals surface area contributed by atoms with Crippen LogP contribution in [-0.4, -0.2) is 41.5 Å². The third kappa shape index (κ3) is 4.88. The molecule has 2 aromatic rings. The number of hydrogen-bond donors (Lipinski definition) is 1. The van der Waals surface area contributed by atoms with E-state index in [1.165, 1.54) is 54.7 Å². The van der Waals surface area contributed by atoms with E-state index < -0.39 is 0 Å². The fraction of sp³-hybridized carbons (Fsp3) is 0.636. The molecule has 4 rings (SSSR count). The zero-order chi connectivity index (χ0) is 18.5. The standard InChI is InChI=1S/C22H31N3OS/c26-21(16-23-18-8-4-2-1-3-5-9-18)25-14-12-17(13-15-25)22-24-19-10-6-7-11-20(19)27-22/h6-7,10-11,17-18,23H,1-5,8-9,12-16H2. The molecule has 27 heavy (non-hydrogen) atoms. The Hall–Kier alpha value is -1.46. The largest absolute Gasteiger partial charge is 0.342 e. The van der Waals surface area contributed by atoms with Crippen molar-refractivity contribution in [2.75, 3.05) is 19.6 Å². The summed E-state index contributed by atoms with van der Waals surface area (Å²) in [7, 11) is 0. The average molecular weight is 386 g/mol. The number of hydrogen-bond acceptors (Lipinski definition) is 4. The summed E-state index contributed by atoms with van der Waals surface area (Å²) in [5.41, 5.74) is 1.11. The highest BCUT2D eigenvalue weighted by atomic mass is 32.1. The fourth-order valence-electron chi connectivity index (χ4n) is 4.44. The third-order valence-electron chi connectivity index (χ3n) is 6.15. The average Bonchev–Trinajstić information content (AvgIpc) is 3.11. The van der Waals surface area contributed by atoms with E-state index in [1.54, 1.807) is 0 Å². The SMILES string of the molecule is O=C(CNC1CCCCCCC1)N1CCC(c2nc3ccccc3s2)CC1. The predicted molar refractivity (Wildman–Crippen MR) is 112 cm³/mol. The van der Waals surface area contributed by atoms with Gasteiger partial charge in [-0.2, -0.15) is 0 Å². The van der Waals surface area contributed by atoms with Gasteiger partial charge in [0.2, 0.25) is 5.91 Å². The summed E-state index contributed by atoms with van der Waals surface area (Å²) >= 11 is 1.82. The van der Waals surface area contributed by atoms with Crippen molar-refractivity contribution in [2.24, 2.45) is 0 Å².